The smallest absolute Gasteiger partial charge is 0.127 e. The first kappa shape index (κ1) is 13.8. The minimum absolute atomic E-state index is 0.101. The molecule has 0 aliphatic carbocycles. The Morgan fingerprint density at radius 1 is 1.11 bits per heavy atom. The number of ether oxygens (including phenoxy) is 1. The third kappa shape index (κ3) is 3.44. The van der Waals surface area contributed by atoms with Crippen molar-refractivity contribution in [1.82, 2.24) is 0 Å². The van der Waals surface area contributed by atoms with Gasteiger partial charge in [-0.1, -0.05) is 18.2 Å². The van der Waals surface area contributed by atoms with Gasteiger partial charge in [0.1, 0.15) is 24.0 Å². The molecule has 4 heteroatoms. The van der Waals surface area contributed by atoms with Gasteiger partial charge in [-0.05, 0) is 30.2 Å². The second kappa shape index (κ2) is 6.02. The highest BCUT2D eigenvalue weighted by Gasteiger charge is 2.07. The number of hydrogen-bond donors (Lipinski definition) is 0. The molecule has 0 atom stereocenters. The molecule has 2 aromatic rings. The van der Waals surface area contributed by atoms with Gasteiger partial charge in [0.15, 0.2) is 0 Å². The Bertz CT molecular complexity index is 564. The summed E-state index contributed by atoms with van der Waals surface area (Å²) in [5.41, 5.74) is 2.25. The van der Waals surface area contributed by atoms with Crippen molar-refractivity contribution in [3.8, 4) is 5.75 Å². The number of aryl methyl sites for hydroxylation is 1. The van der Waals surface area contributed by atoms with Crippen molar-refractivity contribution in [3.63, 3.8) is 0 Å². The molecule has 2 aromatic carbocycles. The first-order chi connectivity index (χ1) is 9.10. The van der Waals surface area contributed by atoms with Gasteiger partial charge >= 0.3 is 0 Å². The maximum Gasteiger partial charge on any atom is 0.127 e. The standard InChI is InChI=1S/C15H13ClF2O/c1-10-3-2-4-12(8-16)15(10)19-9-11-5-13(17)7-14(18)6-11/h2-7H,8-9H2,1H3. The van der Waals surface area contributed by atoms with Crippen molar-refractivity contribution in [2.24, 2.45) is 0 Å². The van der Waals surface area contributed by atoms with E-state index in [1.807, 2.05) is 25.1 Å². The van der Waals surface area contributed by atoms with E-state index in [9.17, 15) is 8.78 Å². The molecule has 0 aliphatic heterocycles. The number of hydrogen-bond acceptors (Lipinski definition) is 1. The van der Waals surface area contributed by atoms with E-state index in [4.69, 9.17) is 16.3 Å². The van der Waals surface area contributed by atoms with Crippen LogP contribution in [0.15, 0.2) is 36.4 Å². The molecule has 0 N–H and O–H groups in total. The SMILES string of the molecule is Cc1cccc(CCl)c1OCc1cc(F)cc(F)c1. The van der Waals surface area contributed by atoms with Crippen LogP contribution in [0.4, 0.5) is 8.78 Å². The predicted octanol–water partition coefficient (Wildman–Crippen LogP) is 4.59. The number of alkyl halides is 1. The van der Waals surface area contributed by atoms with Crippen molar-refractivity contribution in [2.45, 2.75) is 19.4 Å². The first-order valence-electron chi connectivity index (χ1n) is 5.82. The lowest BCUT2D eigenvalue weighted by atomic mass is 10.1. The van der Waals surface area contributed by atoms with Crippen LogP contribution in [0.3, 0.4) is 0 Å². The molecule has 0 aromatic heterocycles. The second-order valence-corrected chi connectivity index (χ2v) is 4.53. The van der Waals surface area contributed by atoms with Gasteiger partial charge in [0.25, 0.3) is 0 Å². The van der Waals surface area contributed by atoms with Gasteiger partial charge in [0, 0.05) is 11.6 Å². The van der Waals surface area contributed by atoms with Gasteiger partial charge in [0.05, 0.1) is 5.88 Å². The lowest BCUT2D eigenvalue weighted by Gasteiger charge is -2.13. The highest BCUT2D eigenvalue weighted by Crippen LogP contribution is 2.26. The molecule has 2 rings (SSSR count). The van der Waals surface area contributed by atoms with E-state index in [-0.39, 0.29) is 6.61 Å². The van der Waals surface area contributed by atoms with Crippen LogP contribution >= 0.6 is 11.6 Å². The molecule has 0 saturated heterocycles. The molecule has 0 saturated carbocycles. The summed E-state index contributed by atoms with van der Waals surface area (Å²) in [5, 5.41) is 0. The van der Waals surface area contributed by atoms with Crippen LogP contribution in [0.2, 0.25) is 0 Å². The number of para-hydroxylation sites is 1. The van der Waals surface area contributed by atoms with Crippen LogP contribution in [-0.4, -0.2) is 0 Å². The fourth-order valence-electron chi connectivity index (χ4n) is 1.87. The van der Waals surface area contributed by atoms with Crippen LogP contribution in [-0.2, 0) is 12.5 Å². The van der Waals surface area contributed by atoms with Crippen molar-refractivity contribution >= 4 is 11.6 Å². The third-order valence-electron chi connectivity index (χ3n) is 2.74. The average Bonchev–Trinajstić information content (AvgIpc) is 2.36. The van der Waals surface area contributed by atoms with Crippen LogP contribution in [0, 0.1) is 18.6 Å². The zero-order valence-corrected chi connectivity index (χ0v) is 11.2. The largest absolute Gasteiger partial charge is 0.488 e. The van der Waals surface area contributed by atoms with Crippen molar-refractivity contribution in [3.05, 3.63) is 64.7 Å². The van der Waals surface area contributed by atoms with Crippen molar-refractivity contribution in [1.29, 1.82) is 0 Å². The first-order valence-corrected chi connectivity index (χ1v) is 6.36. The Hall–Kier alpha value is -1.61. The molecule has 0 bridgehead atoms. The maximum atomic E-state index is 13.1. The Balaban J connectivity index is 2.18. The van der Waals surface area contributed by atoms with Crippen LogP contribution in [0.5, 0.6) is 5.75 Å². The summed E-state index contributed by atoms with van der Waals surface area (Å²) in [6, 6.07) is 8.99. The lowest BCUT2D eigenvalue weighted by Crippen LogP contribution is -2.01. The van der Waals surface area contributed by atoms with Gasteiger partial charge in [-0.2, -0.15) is 0 Å². The number of benzene rings is 2. The van der Waals surface area contributed by atoms with Gasteiger partial charge in [-0.25, -0.2) is 8.78 Å². The van der Waals surface area contributed by atoms with Gasteiger partial charge in [-0.15, -0.1) is 11.6 Å². The lowest BCUT2D eigenvalue weighted by molar-refractivity contribution is 0.300. The summed E-state index contributed by atoms with van der Waals surface area (Å²) in [7, 11) is 0. The van der Waals surface area contributed by atoms with Crippen molar-refractivity contribution in [2.75, 3.05) is 0 Å². The molecule has 100 valence electrons. The van der Waals surface area contributed by atoms with E-state index < -0.39 is 11.6 Å². The Labute approximate surface area is 115 Å². The highest BCUT2D eigenvalue weighted by atomic mass is 35.5. The molecule has 19 heavy (non-hydrogen) atoms. The van der Waals surface area contributed by atoms with Crippen LogP contribution in [0.25, 0.3) is 0 Å². The molecule has 1 nitrogen and oxygen atoms in total. The molecule has 0 heterocycles. The zero-order chi connectivity index (χ0) is 13.8. The summed E-state index contributed by atoms with van der Waals surface area (Å²) in [6.07, 6.45) is 0. The van der Waals surface area contributed by atoms with E-state index >= 15 is 0 Å². The molecule has 0 fully saturated rings. The summed E-state index contributed by atoms with van der Waals surface area (Å²) >= 11 is 5.84. The molecular formula is C15H13ClF2O. The average molecular weight is 283 g/mol. The Morgan fingerprint density at radius 3 is 2.42 bits per heavy atom. The topological polar surface area (TPSA) is 9.23 Å². The minimum atomic E-state index is -0.610. The predicted molar refractivity (Wildman–Crippen MR) is 71.4 cm³/mol. The molecule has 0 amide bonds. The minimum Gasteiger partial charge on any atom is -0.488 e. The Morgan fingerprint density at radius 2 is 1.79 bits per heavy atom. The molecule has 0 aliphatic rings. The molecule has 0 unspecified atom stereocenters. The van der Waals surface area contributed by atoms with Crippen molar-refractivity contribution < 1.29 is 13.5 Å². The number of halogens is 3. The summed E-state index contributed by atoms with van der Waals surface area (Å²) in [4.78, 5) is 0. The van der Waals surface area contributed by atoms with E-state index in [1.54, 1.807) is 0 Å². The normalized spacial score (nSPS) is 10.5. The van der Waals surface area contributed by atoms with Gasteiger partial charge < -0.3 is 4.74 Å². The van der Waals surface area contributed by atoms with Crippen LogP contribution < -0.4 is 4.74 Å². The summed E-state index contributed by atoms with van der Waals surface area (Å²) in [6.45, 7) is 2.00. The zero-order valence-electron chi connectivity index (χ0n) is 10.4. The van der Waals surface area contributed by atoms with E-state index in [2.05, 4.69) is 0 Å². The highest BCUT2D eigenvalue weighted by molar-refractivity contribution is 6.17. The third-order valence-corrected chi connectivity index (χ3v) is 3.03. The van der Waals surface area contributed by atoms with E-state index in [1.165, 1.54) is 12.1 Å². The monoisotopic (exact) mass is 282 g/mol. The van der Waals surface area contributed by atoms with E-state index in [0.717, 1.165) is 17.2 Å². The summed E-state index contributed by atoms with van der Waals surface area (Å²) in [5.74, 6) is -0.224. The van der Waals surface area contributed by atoms with Gasteiger partial charge in [-0.3, -0.25) is 0 Å². The van der Waals surface area contributed by atoms with E-state index in [0.29, 0.717) is 17.2 Å². The number of rotatable bonds is 4. The fourth-order valence-corrected chi connectivity index (χ4v) is 2.09. The van der Waals surface area contributed by atoms with Gasteiger partial charge in [0.2, 0.25) is 0 Å². The fraction of sp³-hybridized carbons (Fsp3) is 0.200. The quantitative estimate of drug-likeness (QED) is 0.745. The molecule has 0 spiro atoms. The molecule has 0 radical (unpaired) electrons. The maximum absolute atomic E-state index is 13.1. The molecular weight excluding hydrogens is 270 g/mol. The second-order valence-electron chi connectivity index (χ2n) is 4.26. The summed E-state index contributed by atoms with van der Waals surface area (Å²) < 4.78 is 31.8. The Kier molecular flexibility index (Phi) is 4.38. The van der Waals surface area contributed by atoms with Crippen LogP contribution in [0.1, 0.15) is 16.7 Å².